The van der Waals surface area contributed by atoms with E-state index in [0.717, 1.165) is 61.5 Å². The van der Waals surface area contributed by atoms with E-state index in [1.807, 2.05) is 11.8 Å². The number of hydrogen-bond acceptors (Lipinski definition) is 6. The number of piperazine rings is 1. The van der Waals surface area contributed by atoms with Crippen LogP contribution >= 0.6 is 0 Å². The van der Waals surface area contributed by atoms with Crippen LogP contribution in [0.2, 0.25) is 0 Å². The van der Waals surface area contributed by atoms with Crippen LogP contribution in [-0.4, -0.2) is 65.0 Å². The topological polar surface area (TPSA) is 91.0 Å². The molecular formula is C22H27N5O3. The fourth-order valence-electron chi connectivity index (χ4n) is 4.08. The first kappa shape index (κ1) is 20.3. The Bertz CT molecular complexity index is 959. The molecule has 2 aromatic heterocycles. The number of rotatable bonds is 4. The third kappa shape index (κ3) is 4.00. The summed E-state index contributed by atoms with van der Waals surface area (Å²) in [4.78, 5) is 33.5. The number of nitrogens with one attached hydrogen (secondary N) is 1. The molecule has 0 bridgehead atoms. The van der Waals surface area contributed by atoms with Gasteiger partial charge in [-0.05, 0) is 38.4 Å². The van der Waals surface area contributed by atoms with Gasteiger partial charge in [0.2, 0.25) is 0 Å². The van der Waals surface area contributed by atoms with Gasteiger partial charge in [-0.1, -0.05) is 6.92 Å². The van der Waals surface area contributed by atoms with Crippen molar-refractivity contribution < 1.29 is 14.0 Å². The van der Waals surface area contributed by atoms with E-state index >= 15 is 0 Å². The van der Waals surface area contributed by atoms with Crippen LogP contribution in [0.3, 0.4) is 0 Å². The lowest BCUT2D eigenvalue weighted by atomic mass is 9.93. The van der Waals surface area contributed by atoms with E-state index in [2.05, 4.69) is 27.3 Å². The first-order chi connectivity index (χ1) is 14.6. The highest BCUT2D eigenvalue weighted by molar-refractivity contribution is 6.07. The van der Waals surface area contributed by atoms with Gasteiger partial charge in [0.25, 0.3) is 11.8 Å². The molecule has 0 saturated carbocycles. The molecule has 2 aromatic rings. The van der Waals surface area contributed by atoms with Crippen molar-refractivity contribution >= 4 is 17.5 Å². The maximum absolute atomic E-state index is 13.1. The first-order valence-corrected chi connectivity index (χ1v) is 10.5. The summed E-state index contributed by atoms with van der Waals surface area (Å²) in [5.74, 6) is 0.840. The van der Waals surface area contributed by atoms with E-state index in [4.69, 9.17) is 4.42 Å². The summed E-state index contributed by atoms with van der Waals surface area (Å²) in [6.07, 6.45) is 5.50. The normalized spacial score (nSPS) is 18.3. The van der Waals surface area contributed by atoms with Crippen molar-refractivity contribution in [2.45, 2.75) is 33.1 Å². The molecule has 1 aliphatic carbocycles. The van der Waals surface area contributed by atoms with Gasteiger partial charge in [0.05, 0.1) is 5.71 Å². The van der Waals surface area contributed by atoms with Gasteiger partial charge >= 0.3 is 0 Å². The molecule has 0 atom stereocenters. The van der Waals surface area contributed by atoms with Gasteiger partial charge in [0.1, 0.15) is 5.76 Å². The molecule has 30 heavy (non-hydrogen) atoms. The summed E-state index contributed by atoms with van der Waals surface area (Å²) >= 11 is 0. The average Bonchev–Trinajstić information content (AvgIpc) is 3.14. The smallest absolute Gasteiger partial charge is 0.289 e. The van der Waals surface area contributed by atoms with Crippen LogP contribution in [0, 0.1) is 6.92 Å². The van der Waals surface area contributed by atoms with E-state index < -0.39 is 0 Å². The van der Waals surface area contributed by atoms with Crippen LogP contribution in [0.5, 0.6) is 0 Å². The van der Waals surface area contributed by atoms with Crippen molar-refractivity contribution in [3.63, 3.8) is 0 Å². The summed E-state index contributed by atoms with van der Waals surface area (Å²) in [6.45, 7) is 8.23. The van der Waals surface area contributed by atoms with Gasteiger partial charge in [-0.3, -0.25) is 14.6 Å². The predicted molar refractivity (Wildman–Crippen MR) is 113 cm³/mol. The molecule has 0 spiro atoms. The number of fused-ring (bicyclic) bond motifs is 1. The van der Waals surface area contributed by atoms with Crippen LogP contribution in [0.4, 0.5) is 0 Å². The van der Waals surface area contributed by atoms with E-state index in [-0.39, 0.29) is 11.8 Å². The Kier molecular flexibility index (Phi) is 5.94. The molecule has 1 aliphatic heterocycles. The summed E-state index contributed by atoms with van der Waals surface area (Å²) in [5, 5.41) is 4.37. The number of carbonyl (C=O) groups excluding carboxylic acids is 2. The molecule has 0 aromatic carbocycles. The number of furan rings is 1. The highest BCUT2D eigenvalue weighted by Gasteiger charge is 2.31. The number of pyridine rings is 1. The number of likely N-dealkylation sites (N-methyl/N-ethyl adjacent to an activating group) is 1. The molecule has 1 fully saturated rings. The third-order valence-electron chi connectivity index (χ3n) is 5.86. The molecule has 3 heterocycles. The minimum atomic E-state index is -0.289. The number of amides is 2. The van der Waals surface area contributed by atoms with E-state index in [1.165, 1.54) is 0 Å². The lowest BCUT2D eigenvalue weighted by Gasteiger charge is -2.33. The zero-order valence-electron chi connectivity index (χ0n) is 17.5. The van der Waals surface area contributed by atoms with Crippen LogP contribution in [0.25, 0.3) is 0 Å². The zero-order valence-corrected chi connectivity index (χ0v) is 17.5. The second-order valence-electron chi connectivity index (χ2n) is 7.67. The van der Waals surface area contributed by atoms with Gasteiger partial charge in [0, 0.05) is 61.7 Å². The summed E-state index contributed by atoms with van der Waals surface area (Å²) in [7, 11) is 0. The average molecular weight is 409 g/mol. The maximum Gasteiger partial charge on any atom is 0.289 e. The van der Waals surface area contributed by atoms with Crippen molar-refractivity contribution in [2.75, 3.05) is 32.7 Å². The van der Waals surface area contributed by atoms with Crippen molar-refractivity contribution in [1.29, 1.82) is 0 Å². The Morgan fingerprint density at radius 2 is 1.90 bits per heavy atom. The monoisotopic (exact) mass is 409 g/mol. The summed E-state index contributed by atoms with van der Waals surface area (Å²) < 4.78 is 6.02. The standard InChI is InChI=1S/C22H27N5O3/c1-3-26-11-13-27(14-12-26)22(29)20-15(2)19-17(5-4-6-18(19)30-20)24-25-21(28)16-7-9-23-10-8-16/h7-10H,3-6,11-14H2,1-2H3,(H,25,28)/b24-17+. The molecule has 4 rings (SSSR count). The summed E-state index contributed by atoms with van der Waals surface area (Å²) in [5.41, 5.74) is 5.56. The second kappa shape index (κ2) is 8.79. The fraction of sp³-hybridized carbons (Fsp3) is 0.455. The van der Waals surface area contributed by atoms with Crippen molar-refractivity contribution in [2.24, 2.45) is 5.10 Å². The lowest BCUT2D eigenvalue weighted by molar-refractivity contribution is 0.0609. The maximum atomic E-state index is 13.1. The number of nitrogens with zero attached hydrogens (tertiary/aromatic N) is 4. The Labute approximate surface area is 175 Å². The van der Waals surface area contributed by atoms with Gasteiger partial charge in [-0.25, -0.2) is 5.43 Å². The lowest BCUT2D eigenvalue weighted by Crippen LogP contribution is -2.48. The Hall–Kier alpha value is -3.00. The Balaban J connectivity index is 1.53. The summed E-state index contributed by atoms with van der Waals surface area (Å²) in [6, 6.07) is 3.28. The molecule has 1 N–H and O–H groups in total. The SMILES string of the molecule is CCN1CCN(C(=O)c2oc3c(c2C)/C(=N/NC(=O)c2ccncc2)CCC3)CC1. The molecule has 8 heteroatoms. The fourth-order valence-corrected chi connectivity index (χ4v) is 4.08. The highest BCUT2D eigenvalue weighted by atomic mass is 16.4. The van der Waals surface area contributed by atoms with Crippen LogP contribution in [0.1, 0.15) is 57.6 Å². The number of aryl methyl sites for hydroxylation is 1. The zero-order chi connectivity index (χ0) is 21.1. The largest absolute Gasteiger partial charge is 0.455 e. The van der Waals surface area contributed by atoms with Gasteiger partial charge in [-0.2, -0.15) is 5.10 Å². The molecule has 1 saturated heterocycles. The van der Waals surface area contributed by atoms with Crippen molar-refractivity contribution in [3.8, 4) is 0 Å². The second-order valence-corrected chi connectivity index (χ2v) is 7.67. The van der Waals surface area contributed by atoms with E-state index in [9.17, 15) is 9.59 Å². The van der Waals surface area contributed by atoms with Crippen LogP contribution < -0.4 is 5.43 Å². The van der Waals surface area contributed by atoms with Crippen molar-refractivity contribution in [3.05, 3.63) is 52.7 Å². The Morgan fingerprint density at radius 1 is 1.17 bits per heavy atom. The predicted octanol–water partition coefficient (Wildman–Crippen LogP) is 2.23. The van der Waals surface area contributed by atoms with Crippen LogP contribution in [-0.2, 0) is 6.42 Å². The van der Waals surface area contributed by atoms with Crippen LogP contribution in [0.15, 0.2) is 34.0 Å². The van der Waals surface area contributed by atoms with E-state index in [1.54, 1.807) is 24.5 Å². The molecule has 8 nitrogen and oxygen atoms in total. The minimum Gasteiger partial charge on any atom is -0.455 e. The van der Waals surface area contributed by atoms with Gasteiger partial charge < -0.3 is 14.2 Å². The Morgan fingerprint density at radius 3 is 2.60 bits per heavy atom. The molecule has 158 valence electrons. The van der Waals surface area contributed by atoms with Crippen molar-refractivity contribution in [1.82, 2.24) is 20.2 Å². The first-order valence-electron chi connectivity index (χ1n) is 10.5. The highest BCUT2D eigenvalue weighted by Crippen LogP contribution is 2.30. The molecule has 0 unspecified atom stereocenters. The third-order valence-corrected chi connectivity index (χ3v) is 5.86. The van der Waals surface area contributed by atoms with Gasteiger partial charge in [0.15, 0.2) is 5.76 Å². The molecule has 2 aliphatic rings. The number of carbonyl (C=O) groups is 2. The molecular weight excluding hydrogens is 382 g/mol. The number of hydrazone groups is 1. The number of aromatic nitrogens is 1. The van der Waals surface area contributed by atoms with Gasteiger partial charge in [-0.15, -0.1) is 0 Å². The minimum absolute atomic E-state index is 0.0576. The molecule has 0 radical (unpaired) electrons. The molecule has 2 amide bonds. The number of hydrogen-bond donors (Lipinski definition) is 1. The van der Waals surface area contributed by atoms with E-state index in [0.29, 0.717) is 24.4 Å². The quantitative estimate of drug-likeness (QED) is 0.782.